The van der Waals surface area contributed by atoms with E-state index >= 15 is 0 Å². The Balaban J connectivity index is 1.45. The number of rotatable bonds is 4. The van der Waals surface area contributed by atoms with Crippen LogP contribution in [-0.4, -0.2) is 54.1 Å². The Morgan fingerprint density at radius 2 is 1.93 bits per heavy atom. The maximum absolute atomic E-state index is 11.4. The van der Waals surface area contributed by atoms with Crippen LogP contribution < -0.4 is 9.47 Å². The second kappa shape index (κ2) is 6.83. The summed E-state index contributed by atoms with van der Waals surface area (Å²) in [5.41, 5.74) is 0.710. The van der Waals surface area contributed by atoms with Crippen LogP contribution in [-0.2, 0) is 4.74 Å². The molecule has 1 aromatic rings. The maximum Gasteiger partial charge on any atom is 0.336 e. The number of piperidine rings is 1. The lowest BCUT2D eigenvalue weighted by molar-refractivity contribution is -0.131. The van der Waals surface area contributed by atoms with Crippen molar-refractivity contribution >= 4 is 17.6 Å². The predicted molar refractivity (Wildman–Crippen MR) is 101 cm³/mol. The van der Waals surface area contributed by atoms with Gasteiger partial charge in [0.2, 0.25) is 0 Å². The van der Waals surface area contributed by atoms with E-state index in [4.69, 9.17) is 25.8 Å². The van der Waals surface area contributed by atoms with Crippen LogP contribution in [0, 0.1) is 12.8 Å². The number of fused-ring (bicyclic) bond motifs is 1. The molecule has 1 saturated carbocycles. The lowest BCUT2D eigenvalue weighted by Crippen LogP contribution is -2.54. The van der Waals surface area contributed by atoms with Crippen LogP contribution in [0.5, 0.6) is 11.5 Å². The van der Waals surface area contributed by atoms with Gasteiger partial charge in [0, 0.05) is 31.6 Å². The average molecular weight is 396 g/mol. The van der Waals surface area contributed by atoms with Crippen molar-refractivity contribution < 1.29 is 24.1 Å². The molecule has 1 saturated heterocycles. The van der Waals surface area contributed by atoms with Gasteiger partial charge in [-0.3, -0.25) is 0 Å². The highest BCUT2D eigenvalue weighted by atomic mass is 35.5. The summed E-state index contributed by atoms with van der Waals surface area (Å²) in [4.78, 5) is 14.0. The molecule has 2 aliphatic heterocycles. The van der Waals surface area contributed by atoms with Crippen LogP contribution in [0.4, 0.5) is 0 Å². The normalized spacial score (nSPS) is 31.0. The summed E-state index contributed by atoms with van der Waals surface area (Å²) in [7, 11) is 1.78. The number of halogens is 1. The van der Waals surface area contributed by atoms with Crippen molar-refractivity contribution in [1.82, 2.24) is 4.90 Å². The van der Waals surface area contributed by atoms with Crippen LogP contribution in [0.25, 0.3) is 0 Å². The number of methoxy groups -OCH3 is 1. The molecule has 4 rings (SSSR count). The fraction of sp³-hybridized carbons (Fsp3) is 0.650. The molecule has 7 heteroatoms. The van der Waals surface area contributed by atoms with Crippen LogP contribution in [0.2, 0.25) is 5.02 Å². The van der Waals surface area contributed by atoms with Crippen molar-refractivity contribution in [3.63, 3.8) is 0 Å². The van der Waals surface area contributed by atoms with Gasteiger partial charge in [0.05, 0.1) is 16.7 Å². The van der Waals surface area contributed by atoms with Gasteiger partial charge in [0.15, 0.2) is 11.5 Å². The van der Waals surface area contributed by atoms with Crippen molar-refractivity contribution in [2.75, 3.05) is 20.2 Å². The molecule has 148 valence electrons. The molecular formula is C20H26ClNO5. The molecule has 1 unspecified atom stereocenters. The molecule has 2 fully saturated rings. The van der Waals surface area contributed by atoms with E-state index in [1.54, 1.807) is 14.0 Å². The Hall–Kier alpha value is -1.50. The number of benzene rings is 1. The summed E-state index contributed by atoms with van der Waals surface area (Å²) in [5.74, 6) is -0.673. The zero-order valence-corrected chi connectivity index (χ0v) is 16.7. The van der Waals surface area contributed by atoms with Gasteiger partial charge >= 0.3 is 5.97 Å². The molecule has 0 aromatic heterocycles. The van der Waals surface area contributed by atoms with Crippen molar-refractivity contribution in [2.45, 2.75) is 57.5 Å². The van der Waals surface area contributed by atoms with Gasteiger partial charge in [-0.15, -0.1) is 0 Å². The third-order valence-corrected chi connectivity index (χ3v) is 6.75. The first-order valence-electron chi connectivity index (χ1n) is 9.53. The summed E-state index contributed by atoms with van der Waals surface area (Å²) in [6.07, 6.45) is 4.59. The molecule has 0 radical (unpaired) electrons. The van der Waals surface area contributed by atoms with Crippen molar-refractivity contribution in [3.05, 3.63) is 22.2 Å². The molecule has 2 heterocycles. The van der Waals surface area contributed by atoms with Gasteiger partial charge in [-0.1, -0.05) is 11.6 Å². The second-order valence-corrected chi connectivity index (χ2v) is 8.41. The molecule has 1 N–H and O–H groups in total. The summed E-state index contributed by atoms with van der Waals surface area (Å²) in [6, 6.07) is 2.07. The number of nitrogens with zero attached hydrogens (tertiary/aromatic N) is 1. The predicted octanol–water partition coefficient (Wildman–Crippen LogP) is 3.72. The van der Waals surface area contributed by atoms with E-state index in [2.05, 4.69) is 4.90 Å². The summed E-state index contributed by atoms with van der Waals surface area (Å²) in [5, 5.41) is 9.66. The minimum Gasteiger partial charge on any atom is -0.478 e. The van der Waals surface area contributed by atoms with Gasteiger partial charge in [-0.25, -0.2) is 4.79 Å². The number of hydrogen-bond acceptors (Lipinski definition) is 5. The molecular weight excluding hydrogens is 370 g/mol. The molecule has 3 aliphatic rings. The Morgan fingerprint density at radius 1 is 1.30 bits per heavy atom. The van der Waals surface area contributed by atoms with Gasteiger partial charge in [-0.2, -0.15) is 0 Å². The van der Waals surface area contributed by atoms with Gasteiger partial charge in [-0.05, 0) is 51.8 Å². The Morgan fingerprint density at radius 3 is 2.52 bits per heavy atom. The first-order chi connectivity index (χ1) is 12.8. The summed E-state index contributed by atoms with van der Waals surface area (Å²) >= 11 is 6.29. The summed E-state index contributed by atoms with van der Waals surface area (Å²) < 4.78 is 17.8. The zero-order chi connectivity index (χ0) is 19.3. The Bertz CT molecular complexity index is 755. The lowest BCUT2D eigenvalue weighted by Gasteiger charge is -2.46. The lowest BCUT2D eigenvalue weighted by atomic mass is 9.83. The van der Waals surface area contributed by atoms with Gasteiger partial charge < -0.3 is 24.2 Å². The highest BCUT2D eigenvalue weighted by Gasteiger charge is 2.48. The summed E-state index contributed by atoms with van der Waals surface area (Å²) in [6.45, 7) is 5.70. The van der Waals surface area contributed by atoms with E-state index in [0.717, 1.165) is 38.8 Å². The first kappa shape index (κ1) is 18.8. The molecule has 1 aromatic carbocycles. The highest BCUT2D eigenvalue weighted by Crippen LogP contribution is 2.51. The van der Waals surface area contributed by atoms with E-state index in [9.17, 15) is 9.90 Å². The SMILES string of the molecule is COC1CC(N2CCC(C3(C)Oc4c(Cl)cc(C(=O)O)c(C)c4O3)CC2)C1. The monoisotopic (exact) mass is 395 g/mol. The molecule has 0 bridgehead atoms. The Labute approximate surface area is 164 Å². The topological polar surface area (TPSA) is 68.2 Å². The minimum atomic E-state index is -1.02. The maximum atomic E-state index is 11.4. The smallest absolute Gasteiger partial charge is 0.336 e. The largest absolute Gasteiger partial charge is 0.478 e. The fourth-order valence-corrected chi connectivity index (χ4v) is 4.79. The van der Waals surface area contributed by atoms with E-state index in [1.165, 1.54) is 6.07 Å². The molecule has 6 nitrogen and oxygen atoms in total. The van der Waals surface area contributed by atoms with Crippen LogP contribution in [0.15, 0.2) is 6.07 Å². The quantitative estimate of drug-likeness (QED) is 0.837. The molecule has 27 heavy (non-hydrogen) atoms. The van der Waals surface area contributed by atoms with Crippen LogP contribution in [0.3, 0.4) is 0 Å². The number of likely N-dealkylation sites (tertiary alicyclic amines) is 1. The molecule has 1 aliphatic carbocycles. The first-order valence-corrected chi connectivity index (χ1v) is 9.91. The van der Waals surface area contributed by atoms with E-state index in [0.29, 0.717) is 29.2 Å². The number of aromatic carboxylic acids is 1. The van der Waals surface area contributed by atoms with Crippen LogP contribution in [0.1, 0.15) is 48.5 Å². The van der Waals surface area contributed by atoms with Crippen molar-refractivity contribution in [2.24, 2.45) is 5.92 Å². The van der Waals surface area contributed by atoms with E-state index < -0.39 is 11.8 Å². The average Bonchev–Trinajstić information content (AvgIpc) is 2.97. The Kier molecular flexibility index (Phi) is 4.77. The number of carboxylic acids is 1. The van der Waals surface area contributed by atoms with E-state index in [-0.39, 0.29) is 16.5 Å². The standard InChI is InChI=1S/C20H26ClNO5/c1-11-15(19(23)24)10-16(21)18-17(11)26-20(2,27-18)12-4-6-22(7-5-12)13-8-14(9-13)25-3/h10,12-14H,4-9H2,1-3H3,(H,23,24). The molecule has 1 atom stereocenters. The number of hydrogen-bond donors (Lipinski definition) is 1. The van der Waals surface area contributed by atoms with Crippen LogP contribution >= 0.6 is 11.6 Å². The van der Waals surface area contributed by atoms with Crippen molar-refractivity contribution in [1.29, 1.82) is 0 Å². The highest BCUT2D eigenvalue weighted by molar-refractivity contribution is 6.32. The molecule has 0 spiro atoms. The minimum absolute atomic E-state index is 0.152. The van der Waals surface area contributed by atoms with Crippen molar-refractivity contribution in [3.8, 4) is 11.5 Å². The number of ether oxygens (including phenoxy) is 3. The number of carboxylic acid groups (broad SMARTS) is 1. The van der Waals surface area contributed by atoms with Gasteiger partial charge in [0.1, 0.15) is 0 Å². The zero-order valence-electron chi connectivity index (χ0n) is 16.0. The fourth-order valence-electron chi connectivity index (χ4n) is 4.55. The molecule has 0 amide bonds. The third-order valence-electron chi connectivity index (χ3n) is 6.47. The number of carbonyl (C=O) groups is 1. The third kappa shape index (κ3) is 3.18. The van der Waals surface area contributed by atoms with E-state index in [1.807, 2.05) is 6.92 Å². The van der Waals surface area contributed by atoms with Gasteiger partial charge in [0.25, 0.3) is 5.79 Å². The second-order valence-electron chi connectivity index (χ2n) is 8.01.